The zero-order valence-corrected chi connectivity index (χ0v) is 9.11. The first-order valence-electron chi connectivity index (χ1n) is 5.35. The number of nitrogens with zero attached hydrogens (tertiary/aromatic N) is 2. The van der Waals surface area contributed by atoms with Gasteiger partial charge in [0, 0.05) is 13.1 Å². The van der Waals surface area contributed by atoms with Crippen molar-refractivity contribution in [2.75, 3.05) is 32.7 Å². The summed E-state index contributed by atoms with van der Waals surface area (Å²) in [5, 5.41) is 8.67. The molecule has 1 aliphatic rings. The molecule has 1 aliphatic heterocycles. The maximum absolute atomic E-state index is 11.6. The molecule has 0 radical (unpaired) electrons. The summed E-state index contributed by atoms with van der Waals surface area (Å²) in [5.74, 6) is -0.823. The Kier molecular flexibility index (Phi) is 4.55. The van der Waals surface area contributed by atoms with Gasteiger partial charge >= 0.3 is 5.97 Å². The lowest BCUT2D eigenvalue weighted by molar-refractivity contribution is -0.140. The lowest BCUT2D eigenvalue weighted by Gasteiger charge is -2.32. The molecule has 0 atom stereocenters. The molecule has 0 aromatic heterocycles. The number of carboxylic acid groups (broad SMARTS) is 1. The maximum atomic E-state index is 11.6. The first kappa shape index (κ1) is 12.0. The Labute approximate surface area is 89.7 Å². The van der Waals surface area contributed by atoms with E-state index < -0.39 is 5.97 Å². The summed E-state index contributed by atoms with van der Waals surface area (Å²) in [5.41, 5.74) is 0. The van der Waals surface area contributed by atoms with Crippen LogP contribution in [0.15, 0.2) is 0 Å². The Morgan fingerprint density at radius 1 is 1.33 bits per heavy atom. The van der Waals surface area contributed by atoms with Crippen LogP contribution in [0.1, 0.15) is 19.8 Å². The van der Waals surface area contributed by atoms with Crippen molar-refractivity contribution in [3.8, 4) is 0 Å². The van der Waals surface area contributed by atoms with Crippen LogP contribution < -0.4 is 0 Å². The van der Waals surface area contributed by atoms with Gasteiger partial charge in [-0.3, -0.25) is 14.5 Å². The van der Waals surface area contributed by atoms with Crippen molar-refractivity contribution >= 4 is 11.9 Å². The van der Waals surface area contributed by atoms with Gasteiger partial charge in [0.25, 0.3) is 0 Å². The van der Waals surface area contributed by atoms with Crippen molar-refractivity contribution in [2.24, 2.45) is 0 Å². The molecule has 1 N–H and O–H groups in total. The minimum absolute atomic E-state index is 0.0482. The minimum Gasteiger partial charge on any atom is -0.480 e. The monoisotopic (exact) mass is 214 g/mol. The molecular formula is C10H18N2O3. The summed E-state index contributed by atoms with van der Waals surface area (Å²) >= 11 is 0. The Balaban J connectivity index is 2.34. The smallest absolute Gasteiger partial charge is 0.317 e. The third kappa shape index (κ3) is 3.87. The SMILES string of the molecule is CCCN(CC(=O)O)CC(=O)N1CCC1. The second kappa shape index (κ2) is 5.70. The Hall–Kier alpha value is -1.10. The van der Waals surface area contributed by atoms with Crippen molar-refractivity contribution in [1.82, 2.24) is 9.80 Å². The lowest BCUT2D eigenvalue weighted by Crippen LogP contribution is -2.48. The van der Waals surface area contributed by atoms with Crippen LogP contribution in [0.25, 0.3) is 0 Å². The lowest BCUT2D eigenvalue weighted by atomic mass is 10.2. The maximum Gasteiger partial charge on any atom is 0.317 e. The van der Waals surface area contributed by atoms with Crippen LogP contribution in [-0.4, -0.2) is 59.5 Å². The fraction of sp³-hybridized carbons (Fsp3) is 0.800. The quantitative estimate of drug-likeness (QED) is 0.677. The van der Waals surface area contributed by atoms with Gasteiger partial charge in [0.05, 0.1) is 13.1 Å². The third-order valence-corrected chi connectivity index (χ3v) is 2.47. The van der Waals surface area contributed by atoms with Crippen LogP contribution in [0.4, 0.5) is 0 Å². The average Bonchev–Trinajstić information content (AvgIpc) is 1.98. The van der Waals surface area contributed by atoms with Gasteiger partial charge in [-0.05, 0) is 19.4 Å². The highest BCUT2D eigenvalue weighted by atomic mass is 16.4. The van der Waals surface area contributed by atoms with E-state index in [4.69, 9.17) is 5.11 Å². The van der Waals surface area contributed by atoms with Gasteiger partial charge in [0.1, 0.15) is 0 Å². The van der Waals surface area contributed by atoms with E-state index in [2.05, 4.69) is 0 Å². The summed E-state index contributed by atoms with van der Waals surface area (Å²) in [6.07, 6.45) is 1.93. The number of aliphatic carboxylic acids is 1. The van der Waals surface area contributed by atoms with Gasteiger partial charge in [-0.25, -0.2) is 0 Å². The van der Waals surface area contributed by atoms with E-state index in [-0.39, 0.29) is 19.0 Å². The molecule has 0 unspecified atom stereocenters. The molecule has 5 nitrogen and oxygen atoms in total. The normalized spacial score (nSPS) is 15.2. The first-order chi connectivity index (χ1) is 7.13. The van der Waals surface area contributed by atoms with Crippen molar-refractivity contribution in [3.63, 3.8) is 0 Å². The molecule has 1 rings (SSSR count). The summed E-state index contributed by atoms with van der Waals surface area (Å²) in [4.78, 5) is 25.6. The third-order valence-electron chi connectivity index (χ3n) is 2.47. The zero-order chi connectivity index (χ0) is 11.3. The van der Waals surface area contributed by atoms with Gasteiger partial charge in [-0.15, -0.1) is 0 Å². The van der Waals surface area contributed by atoms with Gasteiger partial charge in [-0.2, -0.15) is 0 Å². The highest BCUT2D eigenvalue weighted by Gasteiger charge is 2.22. The van der Waals surface area contributed by atoms with E-state index in [1.165, 1.54) is 0 Å². The number of amides is 1. The molecule has 1 fully saturated rings. The van der Waals surface area contributed by atoms with Gasteiger partial charge in [0.2, 0.25) is 5.91 Å². The molecule has 15 heavy (non-hydrogen) atoms. The molecule has 1 heterocycles. The molecule has 1 amide bonds. The second-order valence-electron chi connectivity index (χ2n) is 3.84. The number of hydrogen-bond donors (Lipinski definition) is 1. The molecule has 0 aromatic carbocycles. The zero-order valence-electron chi connectivity index (χ0n) is 9.11. The van der Waals surface area contributed by atoms with Crippen LogP contribution in [0.2, 0.25) is 0 Å². The Bertz CT molecular complexity index is 239. The van der Waals surface area contributed by atoms with E-state index in [0.717, 1.165) is 25.9 Å². The van der Waals surface area contributed by atoms with Crippen molar-refractivity contribution < 1.29 is 14.7 Å². The van der Waals surface area contributed by atoms with E-state index >= 15 is 0 Å². The van der Waals surface area contributed by atoms with Crippen LogP contribution in [0.3, 0.4) is 0 Å². The number of likely N-dealkylation sites (tertiary alicyclic amines) is 1. The van der Waals surface area contributed by atoms with Crippen molar-refractivity contribution in [1.29, 1.82) is 0 Å². The highest BCUT2D eigenvalue weighted by molar-refractivity contribution is 5.79. The van der Waals surface area contributed by atoms with Gasteiger partial charge in [-0.1, -0.05) is 6.92 Å². The van der Waals surface area contributed by atoms with E-state index in [0.29, 0.717) is 6.54 Å². The molecule has 0 saturated carbocycles. The van der Waals surface area contributed by atoms with Crippen LogP contribution in [0, 0.1) is 0 Å². The number of carbonyl (C=O) groups is 2. The molecule has 0 bridgehead atoms. The summed E-state index contributed by atoms with van der Waals surface area (Å²) < 4.78 is 0. The van der Waals surface area contributed by atoms with Crippen LogP contribution in [0.5, 0.6) is 0 Å². The minimum atomic E-state index is -0.875. The average molecular weight is 214 g/mol. The topological polar surface area (TPSA) is 60.9 Å². The molecule has 86 valence electrons. The number of rotatable bonds is 6. The first-order valence-corrected chi connectivity index (χ1v) is 5.35. The molecular weight excluding hydrogens is 196 g/mol. The molecule has 0 spiro atoms. The van der Waals surface area contributed by atoms with Crippen molar-refractivity contribution in [2.45, 2.75) is 19.8 Å². The number of hydrogen-bond acceptors (Lipinski definition) is 3. The molecule has 5 heteroatoms. The van der Waals surface area contributed by atoms with Crippen molar-refractivity contribution in [3.05, 3.63) is 0 Å². The molecule has 0 aliphatic carbocycles. The van der Waals surface area contributed by atoms with Crippen LogP contribution in [-0.2, 0) is 9.59 Å². The summed E-state index contributed by atoms with van der Waals surface area (Å²) in [6, 6.07) is 0. The summed E-state index contributed by atoms with van der Waals surface area (Å²) in [7, 11) is 0. The Morgan fingerprint density at radius 3 is 2.40 bits per heavy atom. The van der Waals surface area contributed by atoms with Gasteiger partial charge in [0.15, 0.2) is 0 Å². The second-order valence-corrected chi connectivity index (χ2v) is 3.84. The number of carboxylic acids is 1. The van der Waals surface area contributed by atoms with E-state index in [1.54, 1.807) is 9.80 Å². The van der Waals surface area contributed by atoms with E-state index in [1.807, 2.05) is 6.92 Å². The fourth-order valence-corrected chi connectivity index (χ4v) is 1.58. The Morgan fingerprint density at radius 2 is 2.00 bits per heavy atom. The predicted octanol–water partition coefficient (Wildman–Crippen LogP) is 0.0153. The fourth-order valence-electron chi connectivity index (χ4n) is 1.58. The molecule has 1 saturated heterocycles. The predicted molar refractivity (Wildman–Crippen MR) is 55.6 cm³/mol. The van der Waals surface area contributed by atoms with Gasteiger partial charge < -0.3 is 10.0 Å². The summed E-state index contributed by atoms with van der Waals surface area (Å²) in [6.45, 7) is 4.47. The number of carbonyl (C=O) groups excluding carboxylic acids is 1. The standard InChI is InChI=1S/C10H18N2O3/c1-2-4-11(8-10(14)15)7-9(13)12-5-3-6-12/h2-8H2,1H3,(H,14,15). The largest absolute Gasteiger partial charge is 0.480 e. The highest BCUT2D eigenvalue weighted by Crippen LogP contribution is 2.06. The molecule has 0 aromatic rings. The van der Waals surface area contributed by atoms with E-state index in [9.17, 15) is 9.59 Å². The van der Waals surface area contributed by atoms with Crippen LogP contribution >= 0.6 is 0 Å².